The number of carbonyl (C=O) groups is 2. The first-order valence-electron chi connectivity index (χ1n) is 7.95. The molecule has 3 rings (SSSR count). The van der Waals surface area contributed by atoms with Crippen molar-refractivity contribution in [3.8, 4) is 5.69 Å². The number of nitrogens with two attached hydrogens (primary N) is 1. The summed E-state index contributed by atoms with van der Waals surface area (Å²) >= 11 is 0. The standard InChI is InChI=1S/C17H21N5O2/c1-11-12(2)22(10-19-11)14-7-5-13(6-8-14)20-16(23)15-4-3-9-21(15)17(18)24/h5-8,10,15H,3-4,9H2,1-2H3,(H2,18,24)(H,20,23)/t15-/m0/s1. The first kappa shape index (κ1) is 16.0. The van der Waals surface area contributed by atoms with E-state index in [1.165, 1.54) is 4.90 Å². The predicted octanol–water partition coefficient (Wildman–Crippen LogP) is 1.97. The summed E-state index contributed by atoms with van der Waals surface area (Å²) in [6, 6.07) is 6.49. The van der Waals surface area contributed by atoms with Crippen LogP contribution in [0.25, 0.3) is 5.69 Å². The van der Waals surface area contributed by atoms with Crippen LogP contribution in [0.3, 0.4) is 0 Å². The third-order valence-corrected chi connectivity index (χ3v) is 4.50. The monoisotopic (exact) mass is 327 g/mol. The Balaban J connectivity index is 1.71. The number of hydrogen-bond donors (Lipinski definition) is 2. The smallest absolute Gasteiger partial charge is 0.315 e. The molecular formula is C17H21N5O2. The second-order valence-electron chi connectivity index (χ2n) is 6.01. The minimum absolute atomic E-state index is 0.200. The molecule has 126 valence electrons. The molecule has 1 atom stereocenters. The van der Waals surface area contributed by atoms with Gasteiger partial charge in [-0.3, -0.25) is 4.79 Å². The number of primary amides is 1. The van der Waals surface area contributed by atoms with Crippen LogP contribution in [0.4, 0.5) is 10.5 Å². The number of urea groups is 1. The molecule has 7 nitrogen and oxygen atoms in total. The summed E-state index contributed by atoms with van der Waals surface area (Å²) in [4.78, 5) is 29.4. The number of imidazole rings is 1. The number of nitrogens with zero attached hydrogens (tertiary/aromatic N) is 3. The van der Waals surface area contributed by atoms with Crippen LogP contribution in [0.2, 0.25) is 0 Å². The van der Waals surface area contributed by atoms with Gasteiger partial charge in [-0.1, -0.05) is 0 Å². The van der Waals surface area contributed by atoms with Crippen LogP contribution in [0.1, 0.15) is 24.2 Å². The van der Waals surface area contributed by atoms with Crippen molar-refractivity contribution in [3.05, 3.63) is 42.0 Å². The van der Waals surface area contributed by atoms with Crippen molar-refractivity contribution < 1.29 is 9.59 Å². The van der Waals surface area contributed by atoms with Crippen LogP contribution in [0.5, 0.6) is 0 Å². The van der Waals surface area contributed by atoms with E-state index in [1.807, 2.05) is 42.7 Å². The molecule has 1 fully saturated rings. The van der Waals surface area contributed by atoms with Gasteiger partial charge in [0.15, 0.2) is 0 Å². The molecule has 0 unspecified atom stereocenters. The van der Waals surface area contributed by atoms with Crippen LogP contribution >= 0.6 is 0 Å². The molecule has 1 aliphatic heterocycles. The van der Waals surface area contributed by atoms with Crippen LogP contribution < -0.4 is 11.1 Å². The van der Waals surface area contributed by atoms with E-state index in [0.717, 1.165) is 23.5 Å². The Hall–Kier alpha value is -2.83. The quantitative estimate of drug-likeness (QED) is 0.902. The fourth-order valence-corrected chi connectivity index (χ4v) is 2.99. The van der Waals surface area contributed by atoms with Crippen molar-refractivity contribution in [2.24, 2.45) is 5.73 Å². The Kier molecular flexibility index (Phi) is 4.24. The number of nitrogens with one attached hydrogen (secondary N) is 1. The number of anilines is 1. The van der Waals surface area contributed by atoms with Gasteiger partial charge in [0.2, 0.25) is 5.91 Å². The molecule has 7 heteroatoms. The zero-order valence-electron chi connectivity index (χ0n) is 13.8. The highest BCUT2D eigenvalue weighted by atomic mass is 16.2. The molecule has 2 aromatic rings. The molecule has 1 aromatic carbocycles. The van der Waals surface area contributed by atoms with Crippen LogP contribution in [-0.4, -0.2) is 39.0 Å². The number of likely N-dealkylation sites (tertiary alicyclic amines) is 1. The van der Waals surface area contributed by atoms with Crippen molar-refractivity contribution in [2.45, 2.75) is 32.7 Å². The molecule has 24 heavy (non-hydrogen) atoms. The summed E-state index contributed by atoms with van der Waals surface area (Å²) in [6.45, 7) is 4.51. The zero-order valence-corrected chi connectivity index (χ0v) is 13.8. The number of carbonyl (C=O) groups excluding carboxylic acids is 2. The first-order chi connectivity index (χ1) is 11.5. The molecule has 0 spiro atoms. The SMILES string of the molecule is Cc1ncn(-c2ccc(NC(=O)[C@@H]3CCCN3C(N)=O)cc2)c1C. The van der Waals surface area contributed by atoms with Crippen molar-refractivity contribution in [2.75, 3.05) is 11.9 Å². The van der Waals surface area contributed by atoms with Crippen LogP contribution in [-0.2, 0) is 4.79 Å². The van der Waals surface area contributed by atoms with E-state index in [2.05, 4.69) is 10.3 Å². The van der Waals surface area contributed by atoms with E-state index < -0.39 is 12.1 Å². The van der Waals surface area contributed by atoms with Gasteiger partial charge >= 0.3 is 6.03 Å². The number of benzene rings is 1. The molecule has 1 aliphatic rings. The Morgan fingerprint density at radius 1 is 1.25 bits per heavy atom. The molecule has 1 aromatic heterocycles. The molecular weight excluding hydrogens is 306 g/mol. The number of rotatable bonds is 3. The van der Waals surface area contributed by atoms with Gasteiger partial charge in [0, 0.05) is 23.6 Å². The Morgan fingerprint density at radius 2 is 1.96 bits per heavy atom. The lowest BCUT2D eigenvalue weighted by molar-refractivity contribution is -0.119. The second kappa shape index (κ2) is 6.35. The largest absolute Gasteiger partial charge is 0.351 e. The van der Waals surface area contributed by atoms with E-state index in [9.17, 15) is 9.59 Å². The lowest BCUT2D eigenvalue weighted by Gasteiger charge is -2.21. The highest BCUT2D eigenvalue weighted by molar-refractivity contribution is 5.97. The summed E-state index contributed by atoms with van der Waals surface area (Å²) < 4.78 is 1.99. The van der Waals surface area contributed by atoms with E-state index in [1.54, 1.807) is 6.33 Å². The summed E-state index contributed by atoms with van der Waals surface area (Å²) in [5.74, 6) is -0.200. The van der Waals surface area contributed by atoms with Gasteiger partial charge in [-0.05, 0) is 51.0 Å². The molecule has 0 aliphatic carbocycles. The highest BCUT2D eigenvalue weighted by Gasteiger charge is 2.32. The Bertz CT molecular complexity index is 766. The van der Waals surface area contributed by atoms with Crippen molar-refractivity contribution in [3.63, 3.8) is 0 Å². The number of hydrogen-bond acceptors (Lipinski definition) is 3. The summed E-state index contributed by atoms with van der Waals surface area (Å²) in [5, 5.41) is 2.85. The average Bonchev–Trinajstić information content (AvgIpc) is 3.17. The molecule has 0 bridgehead atoms. The van der Waals surface area contributed by atoms with Gasteiger partial charge < -0.3 is 20.5 Å². The molecule has 2 heterocycles. The lowest BCUT2D eigenvalue weighted by atomic mass is 10.2. The maximum atomic E-state index is 12.4. The van der Waals surface area contributed by atoms with Crippen LogP contribution in [0, 0.1) is 13.8 Å². The van der Waals surface area contributed by atoms with Crippen molar-refractivity contribution in [1.29, 1.82) is 0 Å². The van der Waals surface area contributed by atoms with Crippen molar-refractivity contribution in [1.82, 2.24) is 14.5 Å². The predicted molar refractivity (Wildman–Crippen MR) is 91.0 cm³/mol. The maximum Gasteiger partial charge on any atom is 0.315 e. The molecule has 0 saturated carbocycles. The van der Waals surface area contributed by atoms with Gasteiger partial charge in [-0.2, -0.15) is 0 Å². The van der Waals surface area contributed by atoms with Gasteiger partial charge in [0.25, 0.3) is 0 Å². The van der Waals surface area contributed by atoms with Gasteiger partial charge in [0.1, 0.15) is 6.04 Å². The van der Waals surface area contributed by atoms with E-state index in [4.69, 9.17) is 5.73 Å². The van der Waals surface area contributed by atoms with Crippen molar-refractivity contribution >= 4 is 17.6 Å². The van der Waals surface area contributed by atoms with Gasteiger partial charge in [-0.15, -0.1) is 0 Å². The molecule has 3 N–H and O–H groups in total. The number of amides is 3. The lowest BCUT2D eigenvalue weighted by Crippen LogP contribution is -2.45. The second-order valence-corrected chi connectivity index (χ2v) is 6.01. The topological polar surface area (TPSA) is 93.2 Å². The van der Waals surface area contributed by atoms with Gasteiger partial charge in [-0.25, -0.2) is 9.78 Å². The Labute approximate surface area is 140 Å². The zero-order chi connectivity index (χ0) is 17.3. The minimum atomic E-state index is -0.547. The third kappa shape index (κ3) is 2.97. The summed E-state index contributed by atoms with van der Waals surface area (Å²) in [6.07, 6.45) is 3.21. The molecule has 1 saturated heterocycles. The fourth-order valence-electron chi connectivity index (χ4n) is 2.99. The summed E-state index contributed by atoms with van der Waals surface area (Å²) in [7, 11) is 0. The minimum Gasteiger partial charge on any atom is -0.351 e. The van der Waals surface area contributed by atoms with Gasteiger partial charge in [0.05, 0.1) is 12.0 Å². The van der Waals surface area contributed by atoms with E-state index >= 15 is 0 Å². The summed E-state index contributed by atoms with van der Waals surface area (Å²) in [5.41, 5.74) is 9.05. The number of aromatic nitrogens is 2. The molecule has 0 radical (unpaired) electrons. The Morgan fingerprint density at radius 3 is 2.54 bits per heavy atom. The third-order valence-electron chi connectivity index (χ3n) is 4.50. The molecule has 3 amide bonds. The number of aryl methyl sites for hydroxylation is 1. The highest BCUT2D eigenvalue weighted by Crippen LogP contribution is 2.20. The normalized spacial score (nSPS) is 17.1. The fraction of sp³-hybridized carbons (Fsp3) is 0.353. The van der Waals surface area contributed by atoms with E-state index in [-0.39, 0.29) is 5.91 Å². The first-order valence-corrected chi connectivity index (χ1v) is 7.95. The van der Waals surface area contributed by atoms with E-state index in [0.29, 0.717) is 18.7 Å². The maximum absolute atomic E-state index is 12.4. The average molecular weight is 327 g/mol. The van der Waals surface area contributed by atoms with Crippen LogP contribution in [0.15, 0.2) is 30.6 Å².